The van der Waals surface area contributed by atoms with Gasteiger partial charge in [-0.15, -0.1) is 0 Å². The Hall–Kier alpha value is -1.71. The predicted octanol–water partition coefficient (Wildman–Crippen LogP) is 6.88. The van der Waals surface area contributed by atoms with Crippen molar-refractivity contribution in [3.63, 3.8) is 0 Å². The second-order valence-electron chi connectivity index (χ2n) is 7.70. The van der Waals surface area contributed by atoms with Crippen molar-refractivity contribution in [3.8, 4) is 11.5 Å². The van der Waals surface area contributed by atoms with Crippen molar-refractivity contribution in [2.75, 3.05) is 20.3 Å². The molecule has 0 aliphatic carbocycles. The third-order valence-corrected chi connectivity index (χ3v) is 5.14. The Balaban J connectivity index is 2.11. The molecule has 0 unspecified atom stereocenters. The van der Waals surface area contributed by atoms with Crippen LogP contribution in [0.3, 0.4) is 0 Å². The smallest absolute Gasteiger partial charge is 0.310 e. The molecule has 0 N–H and O–H groups in total. The Morgan fingerprint density at radius 3 is 1.93 bits per heavy atom. The number of carbonyl (C=O) groups excluding carboxylic acids is 1. The highest BCUT2D eigenvalue weighted by Crippen LogP contribution is 2.28. The molecule has 4 nitrogen and oxygen atoms in total. The van der Waals surface area contributed by atoms with Crippen molar-refractivity contribution >= 4 is 5.97 Å². The predicted molar refractivity (Wildman–Crippen MR) is 120 cm³/mol. The Morgan fingerprint density at radius 1 is 0.793 bits per heavy atom. The van der Waals surface area contributed by atoms with E-state index in [2.05, 4.69) is 6.92 Å². The molecule has 0 aliphatic rings. The maximum atomic E-state index is 11.6. The average molecular weight is 407 g/mol. The second-order valence-corrected chi connectivity index (χ2v) is 7.70. The molecule has 1 rings (SSSR count). The molecular weight excluding hydrogens is 364 g/mol. The minimum atomic E-state index is -0.222. The van der Waals surface area contributed by atoms with Gasteiger partial charge < -0.3 is 14.2 Å². The van der Waals surface area contributed by atoms with Crippen LogP contribution in [0.4, 0.5) is 0 Å². The number of ether oxygens (including phenoxy) is 3. The summed E-state index contributed by atoms with van der Waals surface area (Å²) in [6, 6.07) is 5.64. The zero-order valence-corrected chi connectivity index (χ0v) is 19.0. The van der Waals surface area contributed by atoms with E-state index in [1.165, 1.54) is 70.6 Å². The van der Waals surface area contributed by atoms with Crippen LogP contribution in [-0.2, 0) is 16.0 Å². The summed E-state index contributed by atoms with van der Waals surface area (Å²) < 4.78 is 16.3. The summed E-state index contributed by atoms with van der Waals surface area (Å²) in [5.74, 6) is 1.19. The lowest BCUT2D eigenvalue weighted by atomic mass is 10.1. The van der Waals surface area contributed by atoms with E-state index >= 15 is 0 Å². The van der Waals surface area contributed by atoms with Crippen molar-refractivity contribution in [3.05, 3.63) is 23.8 Å². The molecule has 0 heterocycles. The molecule has 0 saturated carbocycles. The molecule has 0 spiro atoms. The lowest BCUT2D eigenvalue weighted by Crippen LogP contribution is -2.08. The van der Waals surface area contributed by atoms with E-state index in [9.17, 15) is 4.79 Å². The fourth-order valence-electron chi connectivity index (χ4n) is 3.45. The molecule has 0 fully saturated rings. The van der Waals surface area contributed by atoms with Crippen LogP contribution in [0.15, 0.2) is 18.2 Å². The quantitative estimate of drug-likeness (QED) is 0.197. The van der Waals surface area contributed by atoms with Crippen LogP contribution in [0.2, 0.25) is 0 Å². The lowest BCUT2D eigenvalue weighted by Gasteiger charge is -2.12. The molecule has 0 saturated heterocycles. The third-order valence-electron chi connectivity index (χ3n) is 5.14. The van der Waals surface area contributed by atoms with E-state index < -0.39 is 0 Å². The summed E-state index contributed by atoms with van der Waals surface area (Å²) >= 11 is 0. The van der Waals surface area contributed by atoms with Gasteiger partial charge in [-0.25, -0.2) is 0 Å². The van der Waals surface area contributed by atoms with Gasteiger partial charge in [-0.1, -0.05) is 83.6 Å². The first kappa shape index (κ1) is 25.3. The molecular formula is C25H42O4. The summed E-state index contributed by atoms with van der Waals surface area (Å²) in [6.07, 6.45) is 16.3. The van der Waals surface area contributed by atoms with Crippen LogP contribution >= 0.6 is 0 Å². The number of carbonyl (C=O) groups is 1. The van der Waals surface area contributed by atoms with Gasteiger partial charge in [0.1, 0.15) is 0 Å². The Morgan fingerprint density at radius 2 is 1.38 bits per heavy atom. The van der Waals surface area contributed by atoms with Crippen LogP contribution in [0.5, 0.6) is 11.5 Å². The molecule has 4 heteroatoms. The van der Waals surface area contributed by atoms with Gasteiger partial charge in [-0.3, -0.25) is 4.79 Å². The lowest BCUT2D eigenvalue weighted by molar-refractivity contribution is -0.142. The number of hydrogen-bond acceptors (Lipinski definition) is 4. The van der Waals surface area contributed by atoms with E-state index in [0.717, 1.165) is 17.7 Å². The minimum Gasteiger partial charge on any atom is -0.493 e. The second kappa shape index (κ2) is 17.2. The fraction of sp³-hybridized carbons (Fsp3) is 0.720. The van der Waals surface area contributed by atoms with Gasteiger partial charge in [0, 0.05) is 0 Å². The number of benzene rings is 1. The number of methoxy groups -OCH3 is 1. The van der Waals surface area contributed by atoms with E-state index in [0.29, 0.717) is 19.0 Å². The average Bonchev–Trinajstić information content (AvgIpc) is 2.72. The summed E-state index contributed by atoms with van der Waals surface area (Å²) in [5.41, 5.74) is 0.873. The van der Waals surface area contributed by atoms with Crippen molar-refractivity contribution in [2.24, 2.45) is 0 Å². The zero-order chi connectivity index (χ0) is 21.2. The highest BCUT2D eigenvalue weighted by Gasteiger charge is 2.09. The van der Waals surface area contributed by atoms with Crippen LogP contribution in [-0.4, -0.2) is 26.3 Å². The summed E-state index contributed by atoms with van der Waals surface area (Å²) in [7, 11) is 1.63. The summed E-state index contributed by atoms with van der Waals surface area (Å²) in [4.78, 5) is 11.6. The fourth-order valence-corrected chi connectivity index (χ4v) is 3.45. The van der Waals surface area contributed by atoms with Crippen LogP contribution in [0, 0.1) is 0 Å². The molecule has 1 aromatic rings. The molecule has 0 atom stereocenters. The molecule has 0 aromatic heterocycles. The Labute approximate surface area is 178 Å². The van der Waals surface area contributed by atoms with Gasteiger partial charge in [-0.05, 0) is 31.0 Å². The monoisotopic (exact) mass is 406 g/mol. The number of esters is 1. The van der Waals surface area contributed by atoms with Gasteiger partial charge >= 0.3 is 5.97 Å². The van der Waals surface area contributed by atoms with Gasteiger partial charge in [0.25, 0.3) is 0 Å². The minimum absolute atomic E-state index is 0.222. The van der Waals surface area contributed by atoms with Gasteiger partial charge in [0.15, 0.2) is 11.5 Å². The highest BCUT2D eigenvalue weighted by atomic mass is 16.5. The van der Waals surface area contributed by atoms with Crippen LogP contribution in [0.1, 0.15) is 96.5 Å². The molecule has 29 heavy (non-hydrogen) atoms. The Kier molecular flexibility index (Phi) is 15.0. The van der Waals surface area contributed by atoms with Crippen molar-refractivity contribution < 1.29 is 19.0 Å². The first-order valence-corrected chi connectivity index (χ1v) is 11.7. The van der Waals surface area contributed by atoms with Gasteiger partial charge in [0.2, 0.25) is 0 Å². The largest absolute Gasteiger partial charge is 0.493 e. The topological polar surface area (TPSA) is 44.8 Å². The van der Waals surface area contributed by atoms with E-state index in [1.807, 2.05) is 25.1 Å². The van der Waals surface area contributed by atoms with Crippen molar-refractivity contribution in [1.82, 2.24) is 0 Å². The van der Waals surface area contributed by atoms with Gasteiger partial charge in [-0.2, -0.15) is 0 Å². The van der Waals surface area contributed by atoms with Crippen molar-refractivity contribution in [2.45, 2.75) is 97.3 Å². The maximum absolute atomic E-state index is 11.6. The SMILES string of the molecule is CCCCCCCCCCCCCCOc1ccc(CC(=O)OCC)cc1OC. The van der Waals surface area contributed by atoms with Crippen LogP contribution in [0.25, 0.3) is 0 Å². The molecule has 0 bridgehead atoms. The van der Waals surface area contributed by atoms with E-state index in [4.69, 9.17) is 14.2 Å². The third kappa shape index (κ3) is 12.5. The highest BCUT2D eigenvalue weighted by molar-refractivity contribution is 5.72. The summed E-state index contributed by atoms with van der Waals surface area (Å²) in [6.45, 7) is 5.18. The maximum Gasteiger partial charge on any atom is 0.310 e. The first-order chi connectivity index (χ1) is 14.2. The number of hydrogen-bond donors (Lipinski definition) is 0. The molecule has 0 radical (unpaired) electrons. The molecule has 166 valence electrons. The molecule has 0 aliphatic heterocycles. The first-order valence-electron chi connectivity index (χ1n) is 11.7. The van der Waals surface area contributed by atoms with Crippen LogP contribution < -0.4 is 9.47 Å². The normalized spacial score (nSPS) is 10.7. The zero-order valence-electron chi connectivity index (χ0n) is 19.0. The summed E-state index contributed by atoms with van der Waals surface area (Å²) in [5, 5.41) is 0. The Bertz CT molecular complexity index is 542. The standard InChI is InChI=1S/C25H42O4/c1-4-6-7-8-9-10-11-12-13-14-15-16-19-29-23-18-17-22(20-24(23)27-3)21-25(26)28-5-2/h17-18,20H,4-16,19,21H2,1-3H3. The van der Waals surface area contributed by atoms with Crippen molar-refractivity contribution in [1.29, 1.82) is 0 Å². The van der Waals surface area contributed by atoms with Gasteiger partial charge in [0.05, 0.1) is 26.7 Å². The number of unbranched alkanes of at least 4 members (excludes halogenated alkanes) is 11. The number of rotatable bonds is 18. The molecule has 1 aromatic carbocycles. The van der Waals surface area contributed by atoms with E-state index in [1.54, 1.807) is 7.11 Å². The van der Waals surface area contributed by atoms with E-state index in [-0.39, 0.29) is 12.4 Å². The molecule has 0 amide bonds.